The van der Waals surface area contributed by atoms with Crippen LogP contribution in [-0.2, 0) is 9.53 Å². The fraction of sp³-hybridized carbons (Fsp3) is 0.900. The van der Waals surface area contributed by atoms with Crippen LogP contribution in [0.1, 0.15) is 19.8 Å². The fourth-order valence-electron chi connectivity index (χ4n) is 1.86. The van der Waals surface area contributed by atoms with Gasteiger partial charge in [0.1, 0.15) is 5.38 Å². The maximum Gasteiger partial charge on any atom is 0.324 e. The lowest BCUT2D eigenvalue weighted by Crippen LogP contribution is -2.39. The number of likely N-dealkylation sites (tertiary alicyclic amines) is 1. The number of ether oxygens (including phenoxy) is 1. The van der Waals surface area contributed by atoms with E-state index in [0.29, 0.717) is 6.61 Å². The zero-order valence-corrected chi connectivity index (χ0v) is 9.59. The van der Waals surface area contributed by atoms with Gasteiger partial charge in [-0.3, -0.25) is 4.79 Å². The highest BCUT2D eigenvalue weighted by Gasteiger charge is 2.30. The topological polar surface area (TPSA) is 29.5 Å². The van der Waals surface area contributed by atoms with Gasteiger partial charge in [0.05, 0.1) is 6.61 Å². The summed E-state index contributed by atoms with van der Waals surface area (Å²) in [6.07, 6.45) is 2.14. The van der Waals surface area contributed by atoms with Crippen LogP contribution in [0.4, 0.5) is 0 Å². The van der Waals surface area contributed by atoms with E-state index >= 15 is 0 Å². The van der Waals surface area contributed by atoms with E-state index in [1.54, 1.807) is 6.92 Å². The highest BCUT2D eigenvalue weighted by molar-refractivity contribution is 6.30. The van der Waals surface area contributed by atoms with Crippen LogP contribution in [0.25, 0.3) is 0 Å². The van der Waals surface area contributed by atoms with Crippen molar-refractivity contribution in [1.29, 1.82) is 0 Å². The molecule has 1 heterocycles. The first-order valence-electron chi connectivity index (χ1n) is 5.14. The number of esters is 1. The van der Waals surface area contributed by atoms with Crippen LogP contribution in [0.15, 0.2) is 0 Å². The Morgan fingerprint density at radius 1 is 1.71 bits per heavy atom. The van der Waals surface area contributed by atoms with E-state index in [9.17, 15) is 4.79 Å². The molecule has 1 fully saturated rings. The molecule has 0 bridgehead atoms. The minimum Gasteiger partial charge on any atom is -0.465 e. The first-order chi connectivity index (χ1) is 6.65. The number of halogens is 1. The molecule has 0 spiro atoms. The summed E-state index contributed by atoms with van der Waals surface area (Å²) in [7, 11) is 2.06. The molecule has 0 radical (unpaired) electrons. The Morgan fingerprint density at radius 2 is 2.43 bits per heavy atom. The van der Waals surface area contributed by atoms with E-state index in [1.807, 2.05) is 0 Å². The van der Waals surface area contributed by atoms with Crippen molar-refractivity contribution in [2.45, 2.75) is 25.1 Å². The number of carbonyl (C=O) groups excluding carboxylic acids is 1. The number of hydrogen-bond donors (Lipinski definition) is 0. The van der Waals surface area contributed by atoms with Gasteiger partial charge < -0.3 is 9.64 Å². The van der Waals surface area contributed by atoms with Crippen LogP contribution in [0.2, 0.25) is 0 Å². The summed E-state index contributed by atoms with van der Waals surface area (Å²) < 4.78 is 4.90. The molecule has 3 nitrogen and oxygen atoms in total. The molecule has 1 rings (SSSR count). The number of nitrogens with zero attached hydrogens (tertiary/aromatic N) is 1. The number of hydrogen-bond acceptors (Lipinski definition) is 3. The monoisotopic (exact) mass is 219 g/mol. The number of alkyl halides is 1. The van der Waals surface area contributed by atoms with Crippen molar-refractivity contribution in [1.82, 2.24) is 4.90 Å². The minimum atomic E-state index is -0.474. The van der Waals surface area contributed by atoms with Crippen molar-refractivity contribution in [3.63, 3.8) is 0 Å². The molecule has 1 aliphatic rings. The number of piperidine rings is 1. The fourth-order valence-corrected chi connectivity index (χ4v) is 2.13. The lowest BCUT2D eigenvalue weighted by atomic mass is 9.95. The Kier molecular flexibility index (Phi) is 4.69. The van der Waals surface area contributed by atoms with Crippen LogP contribution in [0, 0.1) is 5.92 Å². The predicted molar refractivity (Wildman–Crippen MR) is 56.5 cm³/mol. The molecule has 1 aliphatic heterocycles. The molecule has 0 aromatic rings. The second-order valence-corrected chi connectivity index (χ2v) is 4.29. The molecule has 0 amide bonds. The number of rotatable bonds is 3. The molecule has 0 aromatic carbocycles. The SMILES string of the molecule is CCOC(=O)C(Cl)C1CCCN(C)C1. The molecule has 2 atom stereocenters. The molecule has 0 aromatic heterocycles. The Labute approximate surface area is 90.4 Å². The summed E-state index contributed by atoms with van der Waals surface area (Å²) in [4.78, 5) is 13.6. The highest BCUT2D eigenvalue weighted by Crippen LogP contribution is 2.23. The lowest BCUT2D eigenvalue weighted by Gasteiger charge is -2.31. The van der Waals surface area contributed by atoms with Gasteiger partial charge in [-0.2, -0.15) is 0 Å². The van der Waals surface area contributed by atoms with Gasteiger partial charge in [0.25, 0.3) is 0 Å². The Hall–Kier alpha value is -0.280. The molecule has 82 valence electrons. The summed E-state index contributed by atoms with van der Waals surface area (Å²) in [6, 6.07) is 0. The van der Waals surface area contributed by atoms with E-state index < -0.39 is 5.38 Å². The quantitative estimate of drug-likeness (QED) is 0.532. The second kappa shape index (κ2) is 5.56. The minimum absolute atomic E-state index is 0.245. The van der Waals surface area contributed by atoms with Crippen LogP contribution in [-0.4, -0.2) is 43.0 Å². The van der Waals surface area contributed by atoms with Crippen molar-refractivity contribution < 1.29 is 9.53 Å². The van der Waals surface area contributed by atoms with Gasteiger partial charge in [-0.05, 0) is 39.3 Å². The van der Waals surface area contributed by atoms with E-state index in [4.69, 9.17) is 16.3 Å². The summed E-state index contributed by atoms with van der Waals surface area (Å²) >= 11 is 6.05. The van der Waals surface area contributed by atoms with Crippen LogP contribution in [0.5, 0.6) is 0 Å². The van der Waals surface area contributed by atoms with Crippen molar-refractivity contribution in [2.24, 2.45) is 5.92 Å². The largest absolute Gasteiger partial charge is 0.465 e. The molecule has 1 saturated heterocycles. The summed E-state index contributed by atoms with van der Waals surface area (Å²) in [5, 5.41) is -0.474. The maximum absolute atomic E-state index is 11.4. The lowest BCUT2D eigenvalue weighted by molar-refractivity contribution is -0.144. The zero-order valence-electron chi connectivity index (χ0n) is 8.83. The van der Waals surface area contributed by atoms with Crippen LogP contribution < -0.4 is 0 Å². The third-order valence-corrected chi connectivity index (χ3v) is 3.12. The van der Waals surface area contributed by atoms with Gasteiger partial charge in [0.2, 0.25) is 0 Å². The van der Waals surface area contributed by atoms with Gasteiger partial charge in [0.15, 0.2) is 0 Å². The average Bonchev–Trinajstić information content (AvgIpc) is 2.17. The van der Waals surface area contributed by atoms with Crippen molar-refractivity contribution in [2.75, 3.05) is 26.7 Å². The third kappa shape index (κ3) is 3.14. The summed E-state index contributed by atoms with van der Waals surface area (Å²) in [5.74, 6) is -0.0241. The molecular formula is C10H18ClNO2. The van der Waals surface area contributed by atoms with Gasteiger partial charge in [-0.15, -0.1) is 11.6 Å². The first-order valence-corrected chi connectivity index (χ1v) is 5.58. The van der Waals surface area contributed by atoms with Crippen molar-refractivity contribution in [3.8, 4) is 0 Å². The third-order valence-electron chi connectivity index (χ3n) is 2.59. The summed E-state index contributed by atoms with van der Waals surface area (Å²) in [5.41, 5.74) is 0. The zero-order chi connectivity index (χ0) is 10.6. The molecular weight excluding hydrogens is 202 g/mol. The Balaban J connectivity index is 2.42. The average molecular weight is 220 g/mol. The van der Waals surface area contributed by atoms with Crippen molar-refractivity contribution >= 4 is 17.6 Å². The van der Waals surface area contributed by atoms with Crippen LogP contribution >= 0.6 is 11.6 Å². The Bertz CT molecular complexity index is 199. The molecule has 0 saturated carbocycles. The first kappa shape index (κ1) is 11.8. The highest BCUT2D eigenvalue weighted by atomic mass is 35.5. The summed E-state index contributed by atoms with van der Waals surface area (Å²) in [6.45, 7) is 4.20. The molecule has 4 heteroatoms. The smallest absolute Gasteiger partial charge is 0.324 e. The molecule has 14 heavy (non-hydrogen) atoms. The maximum atomic E-state index is 11.4. The van der Waals surface area contributed by atoms with Gasteiger partial charge in [-0.1, -0.05) is 0 Å². The second-order valence-electron chi connectivity index (χ2n) is 3.82. The van der Waals surface area contributed by atoms with Gasteiger partial charge in [0, 0.05) is 6.54 Å². The molecule has 2 unspecified atom stereocenters. The van der Waals surface area contributed by atoms with Crippen molar-refractivity contribution in [3.05, 3.63) is 0 Å². The standard InChI is InChI=1S/C10H18ClNO2/c1-3-14-10(13)9(11)8-5-4-6-12(2)7-8/h8-9H,3-7H2,1-2H3. The van der Waals surface area contributed by atoms with E-state index in [0.717, 1.165) is 25.9 Å². The van der Waals surface area contributed by atoms with Gasteiger partial charge in [-0.25, -0.2) is 0 Å². The predicted octanol–water partition coefficient (Wildman–Crippen LogP) is 1.50. The van der Waals surface area contributed by atoms with Gasteiger partial charge >= 0.3 is 5.97 Å². The normalized spacial score (nSPS) is 25.8. The van der Waals surface area contributed by atoms with E-state index in [-0.39, 0.29) is 11.9 Å². The van der Waals surface area contributed by atoms with E-state index in [2.05, 4.69) is 11.9 Å². The number of carbonyl (C=O) groups is 1. The van der Waals surface area contributed by atoms with E-state index in [1.165, 1.54) is 0 Å². The Morgan fingerprint density at radius 3 is 3.00 bits per heavy atom. The van der Waals surface area contributed by atoms with Crippen LogP contribution in [0.3, 0.4) is 0 Å². The molecule has 0 N–H and O–H groups in total. The molecule has 0 aliphatic carbocycles.